The van der Waals surface area contributed by atoms with Gasteiger partial charge in [-0.1, -0.05) is 29.8 Å². The van der Waals surface area contributed by atoms with Gasteiger partial charge in [0.15, 0.2) is 11.6 Å². The molecule has 1 aromatic carbocycles. The van der Waals surface area contributed by atoms with E-state index < -0.39 is 6.29 Å². The lowest BCUT2D eigenvalue weighted by Gasteiger charge is -2.14. The first-order chi connectivity index (χ1) is 9.16. The number of hydrogen-bond acceptors (Lipinski definition) is 4. The largest absolute Gasteiger partial charge is 0.343 e. The van der Waals surface area contributed by atoms with Crippen molar-refractivity contribution in [3.63, 3.8) is 0 Å². The summed E-state index contributed by atoms with van der Waals surface area (Å²) in [5.74, 6) is -0.335. The molecule has 98 valence electrons. The van der Waals surface area contributed by atoms with Crippen LogP contribution in [0.3, 0.4) is 0 Å². The van der Waals surface area contributed by atoms with Crippen molar-refractivity contribution in [2.45, 2.75) is 19.3 Å². The number of benzene rings is 1. The summed E-state index contributed by atoms with van der Waals surface area (Å²) >= 11 is 0. The Morgan fingerprint density at radius 1 is 1.26 bits per heavy atom. The Balaban J connectivity index is 1.60. The van der Waals surface area contributed by atoms with Gasteiger partial charge in [0.2, 0.25) is 6.29 Å². The Bertz CT molecular complexity index is 562. The first-order valence-electron chi connectivity index (χ1n) is 6.58. The summed E-state index contributed by atoms with van der Waals surface area (Å²) in [6.45, 7) is 2.42. The van der Waals surface area contributed by atoms with Crippen molar-refractivity contribution < 1.29 is 19.1 Å². The lowest BCUT2D eigenvalue weighted by atomic mass is 10.0. The Hall–Kier alpha value is -1.52. The summed E-state index contributed by atoms with van der Waals surface area (Å²) < 4.78 is 10.7. The van der Waals surface area contributed by atoms with Crippen molar-refractivity contribution in [3.8, 4) is 0 Å². The predicted molar refractivity (Wildman–Crippen MR) is 65.6 cm³/mol. The van der Waals surface area contributed by atoms with Gasteiger partial charge in [-0.15, -0.1) is 0 Å². The van der Waals surface area contributed by atoms with Gasteiger partial charge < -0.3 is 9.47 Å². The van der Waals surface area contributed by atoms with E-state index in [0.29, 0.717) is 12.2 Å². The van der Waals surface area contributed by atoms with Crippen molar-refractivity contribution in [1.82, 2.24) is 0 Å². The van der Waals surface area contributed by atoms with Gasteiger partial charge in [0.25, 0.3) is 0 Å². The van der Waals surface area contributed by atoms with Gasteiger partial charge in [-0.05, 0) is 6.92 Å². The van der Waals surface area contributed by atoms with E-state index in [2.05, 4.69) is 0 Å². The number of ketones is 2. The number of ether oxygens (including phenoxy) is 2. The lowest BCUT2D eigenvalue weighted by molar-refractivity contribution is -0.153. The van der Waals surface area contributed by atoms with Crippen LogP contribution in [-0.4, -0.2) is 30.6 Å². The number of aryl methyl sites for hydroxylation is 1. The van der Waals surface area contributed by atoms with Crippen molar-refractivity contribution >= 4 is 11.6 Å². The molecule has 0 amide bonds. The van der Waals surface area contributed by atoms with Crippen molar-refractivity contribution in [2.24, 2.45) is 17.8 Å². The van der Waals surface area contributed by atoms with E-state index >= 15 is 0 Å². The molecule has 2 heterocycles. The number of carbonyl (C=O) groups is 2. The van der Waals surface area contributed by atoms with E-state index in [4.69, 9.17) is 9.47 Å². The average Bonchev–Trinajstić information content (AvgIpc) is 3.02. The van der Waals surface area contributed by atoms with E-state index in [9.17, 15) is 9.59 Å². The van der Waals surface area contributed by atoms with E-state index in [1.54, 1.807) is 0 Å². The van der Waals surface area contributed by atoms with Crippen LogP contribution in [0, 0.1) is 24.7 Å². The fourth-order valence-corrected chi connectivity index (χ4v) is 3.34. The highest BCUT2D eigenvalue weighted by atomic mass is 16.7. The second kappa shape index (κ2) is 3.74. The van der Waals surface area contributed by atoms with Gasteiger partial charge in [0, 0.05) is 23.3 Å². The molecule has 5 atom stereocenters. The maximum atomic E-state index is 12.5. The monoisotopic (exact) mass is 258 g/mol. The molecule has 2 bridgehead atoms. The highest BCUT2D eigenvalue weighted by molar-refractivity contribution is 6.05. The maximum absolute atomic E-state index is 12.5. The molecule has 0 aromatic heterocycles. The number of carbonyl (C=O) groups excluding carboxylic acids is 2. The van der Waals surface area contributed by atoms with Gasteiger partial charge in [-0.25, -0.2) is 0 Å². The Morgan fingerprint density at radius 3 is 2.74 bits per heavy atom. The molecule has 1 saturated carbocycles. The highest BCUT2D eigenvalue weighted by Gasteiger charge is 2.68. The normalized spacial score (nSPS) is 39.0. The predicted octanol–water partition coefficient (Wildman–Crippen LogP) is 1.36. The Labute approximate surface area is 110 Å². The third kappa shape index (κ3) is 1.53. The third-order valence-corrected chi connectivity index (χ3v) is 4.41. The fraction of sp³-hybridized carbons (Fsp3) is 0.467. The van der Waals surface area contributed by atoms with Crippen LogP contribution >= 0.6 is 0 Å². The molecule has 2 aliphatic heterocycles. The summed E-state index contributed by atoms with van der Waals surface area (Å²) in [5.41, 5.74) is 1.81. The summed E-state index contributed by atoms with van der Waals surface area (Å²) in [6, 6.07) is 7.52. The highest BCUT2D eigenvalue weighted by Crippen LogP contribution is 2.57. The summed E-state index contributed by atoms with van der Waals surface area (Å²) in [5, 5.41) is 0. The molecule has 0 spiro atoms. The van der Waals surface area contributed by atoms with Crippen molar-refractivity contribution in [2.75, 3.05) is 6.61 Å². The fourth-order valence-electron chi connectivity index (χ4n) is 3.34. The molecule has 0 N–H and O–H groups in total. The van der Waals surface area contributed by atoms with Crippen LogP contribution in [0.2, 0.25) is 0 Å². The molecule has 1 aliphatic carbocycles. The molecule has 1 aromatic rings. The van der Waals surface area contributed by atoms with Gasteiger partial charge in [0.05, 0.1) is 12.7 Å². The number of fused-ring (bicyclic) bond motifs is 4. The first kappa shape index (κ1) is 11.3. The van der Waals surface area contributed by atoms with E-state index in [-0.39, 0.29) is 35.4 Å². The van der Waals surface area contributed by atoms with Crippen LogP contribution in [0.1, 0.15) is 15.9 Å². The smallest absolute Gasteiger partial charge is 0.218 e. The molecule has 3 fully saturated rings. The van der Waals surface area contributed by atoms with E-state index in [0.717, 1.165) is 5.56 Å². The van der Waals surface area contributed by atoms with Crippen LogP contribution < -0.4 is 0 Å². The van der Waals surface area contributed by atoms with Crippen LogP contribution in [0.25, 0.3) is 0 Å². The third-order valence-electron chi connectivity index (χ3n) is 4.41. The zero-order valence-corrected chi connectivity index (χ0v) is 10.5. The molecular formula is C15H14O4. The maximum Gasteiger partial charge on any atom is 0.218 e. The zero-order valence-electron chi connectivity index (χ0n) is 10.5. The summed E-state index contributed by atoms with van der Waals surface area (Å²) in [4.78, 5) is 24.5. The number of rotatable bonds is 2. The van der Waals surface area contributed by atoms with E-state index in [1.807, 2.05) is 31.2 Å². The zero-order chi connectivity index (χ0) is 13.1. The quantitative estimate of drug-likeness (QED) is 0.752. The minimum absolute atomic E-state index is 0.0278. The molecule has 4 nitrogen and oxygen atoms in total. The Morgan fingerprint density at radius 2 is 2.00 bits per heavy atom. The number of Topliss-reactive ketones (excluding diaryl/α,β-unsaturated/α-hetero) is 2. The van der Waals surface area contributed by atoms with Gasteiger partial charge >= 0.3 is 0 Å². The van der Waals surface area contributed by atoms with Gasteiger partial charge in [-0.3, -0.25) is 9.59 Å². The van der Waals surface area contributed by atoms with Crippen LogP contribution in [0.15, 0.2) is 24.3 Å². The van der Waals surface area contributed by atoms with Crippen molar-refractivity contribution in [3.05, 3.63) is 35.4 Å². The molecule has 4 heteroatoms. The van der Waals surface area contributed by atoms with Gasteiger partial charge in [-0.2, -0.15) is 0 Å². The standard InChI is InChI=1S/C15H14O4/c1-7-2-4-8(5-3-7)13(16)11-10-9-6-18-15(19-9)14(17)12(10)11/h2-5,9-12,15H,6H2,1H3/t9?,10-,11+,12-,15?/m1/s1. The molecule has 2 saturated heterocycles. The Kier molecular flexibility index (Phi) is 2.23. The molecule has 3 aliphatic rings. The first-order valence-corrected chi connectivity index (χ1v) is 6.58. The molecular weight excluding hydrogens is 244 g/mol. The topological polar surface area (TPSA) is 52.6 Å². The molecule has 4 rings (SSSR count). The van der Waals surface area contributed by atoms with Gasteiger partial charge in [0.1, 0.15) is 0 Å². The van der Waals surface area contributed by atoms with Crippen LogP contribution in [0.5, 0.6) is 0 Å². The SMILES string of the molecule is Cc1ccc(C(=O)[C@@H]2[C@@H]3C(=O)C4OCC(O4)[C@H]23)cc1. The minimum atomic E-state index is -0.720. The average molecular weight is 258 g/mol. The van der Waals surface area contributed by atoms with Crippen LogP contribution in [0.4, 0.5) is 0 Å². The molecule has 2 unspecified atom stereocenters. The molecule has 0 radical (unpaired) electrons. The molecule has 19 heavy (non-hydrogen) atoms. The summed E-state index contributed by atoms with van der Waals surface area (Å²) in [6.07, 6.45) is -0.797. The van der Waals surface area contributed by atoms with Crippen molar-refractivity contribution in [1.29, 1.82) is 0 Å². The number of hydrogen-bond donors (Lipinski definition) is 0. The van der Waals surface area contributed by atoms with Crippen LogP contribution in [-0.2, 0) is 14.3 Å². The van der Waals surface area contributed by atoms with E-state index in [1.165, 1.54) is 0 Å². The minimum Gasteiger partial charge on any atom is -0.343 e. The second-order valence-corrected chi connectivity index (χ2v) is 5.60. The summed E-state index contributed by atoms with van der Waals surface area (Å²) in [7, 11) is 0. The second-order valence-electron chi connectivity index (χ2n) is 5.60. The lowest BCUT2D eigenvalue weighted by Crippen LogP contribution is -2.30.